The van der Waals surface area contributed by atoms with Gasteiger partial charge in [-0.1, -0.05) is 37.0 Å². The third-order valence-corrected chi connectivity index (χ3v) is 5.46. The number of azide groups is 1. The summed E-state index contributed by atoms with van der Waals surface area (Å²) in [7, 11) is 0. The fraction of sp³-hybridized carbons (Fsp3) is 0.474. The first-order chi connectivity index (χ1) is 14.5. The monoisotopic (exact) mass is 432 g/mol. The van der Waals surface area contributed by atoms with E-state index in [1.54, 1.807) is 0 Å². The van der Waals surface area contributed by atoms with Gasteiger partial charge < -0.3 is 10.6 Å². The van der Waals surface area contributed by atoms with Crippen molar-refractivity contribution >= 4 is 41.1 Å². The molecule has 0 aromatic heterocycles. The lowest BCUT2D eigenvalue weighted by atomic mass is 10.2. The number of hydrogen-bond donors (Lipinski definition) is 1. The van der Waals surface area contributed by atoms with Gasteiger partial charge >= 0.3 is 5.97 Å². The van der Waals surface area contributed by atoms with Gasteiger partial charge in [0.2, 0.25) is 0 Å². The third kappa shape index (κ3) is 6.78. The number of amidine groups is 1. The molecule has 0 saturated carbocycles. The Morgan fingerprint density at radius 1 is 1.33 bits per heavy atom. The number of amides is 2. The minimum Gasteiger partial charge on any atom is -0.387 e. The molecule has 1 aliphatic heterocycles. The van der Waals surface area contributed by atoms with Crippen LogP contribution in [0.15, 0.2) is 34.4 Å². The van der Waals surface area contributed by atoms with E-state index >= 15 is 0 Å². The molecule has 0 spiro atoms. The van der Waals surface area contributed by atoms with Gasteiger partial charge in [0.25, 0.3) is 11.8 Å². The molecule has 1 fully saturated rings. The molecule has 1 aromatic carbocycles. The van der Waals surface area contributed by atoms with Crippen LogP contribution in [-0.2, 0) is 14.4 Å². The van der Waals surface area contributed by atoms with Gasteiger partial charge in [0.05, 0.1) is 23.1 Å². The Bertz CT molecular complexity index is 851. The quantitative estimate of drug-likeness (QED) is 0.107. The molecule has 10 nitrogen and oxygen atoms in total. The van der Waals surface area contributed by atoms with Crippen LogP contribution in [0, 0.1) is 0 Å². The minimum atomic E-state index is -0.849. The van der Waals surface area contributed by atoms with Crippen molar-refractivity contribution < 1.29 is 19.2 Å². The normalized spacial score (nSPS) is 16.5. The number of hydroxylamine groups is 2. The van der Waals surface area contributed by atoms with Gasteiger partial charge in [0.1, 0.15) is 0 Å². The summed E-state index contributed by atoms with van der Waals surface area (Å²) in [6.45, 7) is 2.81. The van der Waals surface area contributed by atoms with Gasteiger partial charge in [-0.05, 0) is 24.1 Å². The number of carbonyl (C=O) groups is 3. The predicted octanol–water partition coefficient (Wildman–Crippen LogP) is 3.50. The van der Waals surface area contributed by atoms with Gasteiger partial charge in [-0.25, -0.2) is 4.79 Å². The lowest BCUT2D eigenvalue weighted by Gasteiger charge is -2.13. The standard InChI is InChI=1S/C19H24N6O4S/c1-2-3-4-10-22-16(20)9-11-30-15-12-17(26)25(18(15)27)29-19(28)13-5-7-14(8-6-13)23-24-21/h5-8,15H,2-4,9-12H2,1H3,(H2,20,22). The van der Waals surface area contributed by atoms with Crippen LogP contribution in [0.2, 0.25) is 0 Å². The molecule has 0 bridgehead atoms. The number of carbonyl (C=O) groups excluding carboxylic acids is 3. The maximum atomic E-state index is 12.4. The van der Waals surface area contributed by atoms with E-state index in [-0.39, 0.29) is 12.0 Å². The second-order valence-electron chi connectivity index (χ2n) is 6.54. The summed E-state index contributed by atoms with van der Waals surface area (Å²) < 4.78 is 0. The molecule has 1 saturated heterocycles. The van der Waals surface area contributed by atoms with Crippen LogP contribution in [0.25, 0.3) is 10.4 Å². The van der Waals surface area contributed by atoms with Crippen LogP contribution in [0.3, 0.4) is 0 Å². The maximum Gasteiger partial charge on any atom is 0.363 e. The van der Waals surface area contributed by atoms with E-state index in [4.69, 9.17) is 16.1 Å². The fourth-order valence-electron chi connectivity index (χ4n) is 2.63. The second kappa shape index (κ2) is 11.8. The highest BCUT2D eigenvalue weighted by molar-refractivity contribution is 8.00. The highest BCUT2D eigenvalue weighted by Crippen LogP contribution is 2.26. The summed E-state index contributed by atoms with van der Waals surface area (Å²) in [6, 6.07) is 5.62. The lowest BCUT2D eigenvalue weighted by Crippen LogP contribution is -2.34. The van der Waals surface area contributed by atoms with Crippen molar-refractivity contribution in [3.05, 3.63) is 40.3 Å². The number of thioether (sulfide) groups is 1. The first kappa shape index (κ1) is 23.2. The summed E-state index contributed by atoms with van der Waals surface area (Å²) in [5, 5.41) is 3.30. The van der Waals surface area contributed by atoms with Crippen LogP contribution in [-0.4, -0.2) is 46.2 Å². The van der Waals surface area contributed by atoms with Crippen molar-refractivity contribution in [2.45, 2.75) is 44.3 Å². The Kier molecular flexibility index (Phi) is 9.17. The average molecular weight is 433 g/mol. The van der Waals surface area contributed by atoms with Crippen LogP contribution in [0.5, 0.6) is 0 Å². The Morgan fingerprint density at radius 3 is 2.73 bits per heavy atom. The molecule has 2 amide bonds. The summed E-state index contributed by atoms with van der Waals surface area (Å²) in [5.74, 6) is -0.920. The van der Waals surface area contributed by atoms with Crippen LogP contribution in [0.4, 0.5) is 5.69 Å². The smallest absolute Gasteiger partial charge is 0.363 e. The molecule has 2 rings (SSSR count). The largest absolute Gasteiger partial charge is 0.387 e. The number of benzene rings is 1. The van der Waals surface area contributed by atoms with Crippen molar-refractivity contribution in [1.29, 1.82) is 0 Å². The Labute approximate surface area is 178 Å². The van der Waals surface area contributed by atoms with E-state index in [9.17, 15) is 14.4 Å². The summed E-state index contributed by atoms with van der Waals surface area (Å²) >= 11 is 1.29. The number of aliphatic imine (C=N–C) groups is 1. The Morgan fingerprint density at radius 2 is 2.07 bits per heavy atom. The van der Waals surface area contributed by atoms with Crippen molar-refractivity contribution in [1.82, 2.24) is 5.06 Å². The van der Waals surface area contributed by atoms with E-state index in [0.29, 0.717) is 35.3 Å². The fourth-order valence-corrected chi connectivity index (χ4v) is 3.74. The van der Waals surface area contributed by atoms with Crippen molar-refractivity contribution in [3.63, 3.8) is 0 Å². The maximum absolute atomic E-state index is 12.4. The van der Waals surface area contributed by atoms with Crippen molar-refractivity contribution in [2.24, 2.45) is 15.8 Å². The van der Waals surface area contributed by atoms with Crippen molar-refractivity contribution in [2.75, 3.05) is 12.3 Å². The highest BCUT2D eigenvalue weighted by Gasteiger charge is 2.42. The molecule has 2 N–H and O–H groups in total. The zero-order chi connectivity index (χ0) is 21.9. The zero-order valence-electron chi connectivity index (χ0n) is 16.7. The molecular formula is C19H24N6O4S. The minimum absolute atomic E-state index is 0.0415. The Hall–Kier alpha value is -3.04. The van der Waals surface area contributed by atoms with Gasteiger partial charge in [-0.15, -0.1) is 16.8 Å². The topological polar surface area (TPSA) is 151 Å². The van der Waals surface area contributed by atoms with Gasteiger partial charge in [-0.3, -0.25) is 14.6 Å². The third-order valence-electron chi connectivity index (χ3n) is 4.25. The molecule has 1 unspecified atom stereocenters. The predicted molar refractivity (Wildman–Crippen MR) is 114 cm³/mol. The van der Waals surface area contributed by atoms with Crippen LogP contribution in [0.1, 0.15) is 49.4 Å². The first-order valence-corrected chi connectivity index (χ1v) is 10.7. The van der Waals surface area contributed by atoms with Crippen LogP contribution < -0.4 is 5.73 Å². The lowest BCUT2D eigenvalue weighted by molar-refractivity contribution is -0.172. The molecule has 1 atom stereocenters. The first-order valence-electron chi connectivity index (χ1n) is 9.61. The zero-order valence-corrected chi connectivity index (χ0v) is 17.5. The number of nitrogens with zero attached hydrogens (tertiary/aromatic N) is 5. The van der Waals surface area contributed by atoms with Gasteiger partial charge in [0, 0.05) is 29.3 Å². The van der Waals surface area contributed by atoms with Gasteiger partial charge in [0.15, 0.2) is 0 Å². The summed E-state index contributed by atoms with van der Waals surface area (Å²) in [6.07, 6.45) is 3.70. The highest BCUT2D eigenvalue weighted by atomic mass is 32.2. The number of rotatable bonds is 11. The molecule has 0 radical (unpaired) electrons. The SMILES string of the molecule is CCCCCN=C(N)CCSC1CC(=O)N(OC(=O)c2ccc(N=[N+]=[N-])cc2)C1=O. The number of hydrogen-bond acceptors (Lipinski definition) is 7. The molecule has 11 heteroatoms. The van der Waals surface area contributed by atoms with E-state index < -0.39 is 23.0 Å². The molecule has 1 aromatic rings. The van der Waals surface area contributed by atoms with E-state index in [0.717, 1.165) is 19.3 Å². The molecular weight excluding hydrogens is 408 g/mol. The van der Waals surface area contributed by atoms with Crippen LogP contribution >= 0.6 is 11.8 Å². The van der Waals surface area contributed by atoms with E-state index in [1.165, 1.54) is 36.0 Å². The number of unbranched alkanes of at least 4 members (excludes halogenated alkanes) is 2. The molecule has 30 heavy (non-hydrogen) atoms. The molecule has 1 aliphatic rings. The number of nitrogens with two attached hydrogens (primary N) is 1. The summed E-state index contributed by atoms with van der Waals surface area (Å²) in [4.78, 5) is 48.7. The van der Waals surface area contributed by atoms with E-state index in [1.807, 2.05) is 0 Å². The second-order valence-corrected chi connectivity index (χ2v) is 7.85. The Balaban J connectivity index is 1.83. The summed E-state index contributed by atoms with van der Waals surface area (Å²) in [5.41, 5.74) is 14.7. The molecule has 1 heterocycles. The molecule has 0 aliphatic carbocycles. The molecule has 160 valence electrons. The van der Waals surface area contributed by atoms with Crippen molar-refractivity contribution in [3.8, 4) is 0 Å². The average Bonchev–Trinajstić information content (AvgIpc) is 2.99. The van der Waals surface area contributed by atoms with E-state index in [2.05, 4.69) is 21.9 Å². The van der Waals surface area contributed by atoms with Gasteiger partial charge in [-0.2, -0.15) is 0 Å². The number of imide groups is 1.